The maximum atomic E-state index is 13.5. The molecular weight excluding hydrogens is 428 g/mol. The average Bonchev–Trinajstić information content (AvgIpc) is 3.31. The number of nitrogens with zero attached hydrogens (tertiary/aromatic N) is 3. The number of carbonyl (C=O) groups is 2. The molecule has 3 rings (SSSR count). The Hall–Kier alpha value is -4.08. The molecule has 0 aliphatic rings. The molecule has 0 aliphatic carbocycles. The minimum atomic E-state index is -0.343. The van der Waals surface area contributed by atoms with E-state index < -0.39 is 0 Å². The van der Waals surface area contributed by atoms with Gasteiger partial charge in [0.05, 0.1) is 27.9 Å². The molecule has 0 saturated carbocycles. The van der Waals surface area contributed by atoms with E-state index >= 15 is 0 Å². The normalized spacial score (nSPS) is 10.4. The number of aromatic nitrogens is 2. The zero-order valence-electron chi connectivity index (χ0n) is 19.0. The molecule has 0 saturated heterocycles. The van der Waals surface area contributed by atoms with Crippen LogP contribution in [0.1, 0.15) is 39.1 Å². The van der Waals surface area contributed by atoms with Crippen molar-refractivity contribution >= 4 is 11.8 Å². The molecule has 1 N–H and O–H groups in total. The van der Waals surface area contributed by atoms with Crippen LogP contribution in [0.2, 0.25) is 0 Å². The molecule has 0 aliphatic heterocycles. The van der Waals surface area contributed by atoms with Crippen LogP contribution >= 0.6 is 0 Å². The zero-order valence-corrected chi connectivity index (χ0v) is 19.0. The van der Waals surface area contributed by atoms with Gasteiger partial charge in [0, 0.05) is 37.1 Å². The van der Waals surface area contributed by atoms with Crippen LogP contribution in [0, 0.1) is 0 Å². The lowest BCUT2D eigenvalue weighted by Crippen LogP contribution is -2.30. The molecule has 10 heteroatoms. The number of amides is 2. The van der Waals surface area contributed by atoms with Gasteiger partial charge >= 0.3 is 0 Å². The Morgan fingerprint density at radius 2 is 1.67 bits per heavy atom. The molecule has 3 aromatic rings. The Morgan fingerprint density at radius 3 is 2.24 bits per heavy atom. The monoisotopic (exact) mass is 454 g/mol. The van der Waals surface area contributed by atoms with Gasteiger partial charge in [0.2, 0.25) is 5.75 Å². The van der Waals surface area contributed by atoms with Crippen molar-refractivity contribution in [2.24, 2.45) is 0 Å². The van der Waals surface area contributed by atoms with Crippen LogP contribution in [0.3, 0.4) is 0 Å². The summed E-state index contributed by atoms with van der Waals surface area (Å²) in [4.78, 5) is 31.2. The topological polar surface area (TPSA) is 116 Å². The van der Waals surface area contributed by atoms with Gasteiger partial charge in [-0.25, -0.2) is 0 Å². The number of rotatable bonds is 10. The first-order valence-electron chi connectivity index (χ1n) is 10.2. The summed E-state index contributed by atoms with van der Waals surface area (Å²) >= 11 is 0. The second-order valence-electron chi connectivity index (χ2n) is 6.97. The number of nitrogens with one attached hydrogen (secondary N) is 1. The van der Waals surface area contributed by atoms with Crippen molar-refractivity contribution < 1.29 is 28.3 Å². The summed E-state index contributed by atoms with van der Waals surface area (Å²) in [6.07, 6.45) is 3.30. The van der Waals surface area contributed by atoms with Crippen molar-refractivity contribution in [3.8, 4) is 17.2 Å². The Balaban J connectivity index is 1.94. The fraction of sp³-hybridized carbons (Fsp3) is 0.304. The number of hydrogen-bond acceptors (Lipinski definition) is 8. The highest BCUT2D eigenvalue weighted by atomic mass is 16.5. The van der Waals surface area contributed by atoms with Crippen LogP contribution < -0.4 is 19.5 Å². The summed E-state index contributed by atoms with van der Waals surface area (Å²) in [5.74, 6) is 0.834. The molecule has 2 heterocycles. The highest BCUT2D eigenvalue weighted by Crippen LogP contribution is 2.38. The molecule has 2 aromatic heterocycles. The van der Waals surface area contributed by atoms with Gasteiger partial charge in [0.15, 0.2) is 23.0 Å². The molecule has 0 bridgehead atoms. The van der Waals surface area contributed by atoms with Crippen molar-refractivity contribution in [2.45, 2.75) is 20.0 Å². The molecule has 174 valence electrons. The van der Waals surface area contributed by atoms with Crippen molar-refractivity contribution in [3.05, 3.63) is 65.3 Å². The Bertz CT molecular complexity index is 1070. The van der Waals surface area contributed by atoms with Crippen LogP contribution in [-0.2, 0) is 13.1 Å². The lowest BCUT2D eigenvalue weighted by Gasteiger charge is -2.23. The number of carbonyl (C=O) groups excluding carboxylic acids is 2. The van der Waals surface area contributed by atoms with E-state index in [9.17, 15) is 9.59 Å². The van der Waals surface area contributed by atoms with E-state index in [1.807, 2.05) is 19.1 Å². The number of pyridine rings is 1. The lowest BCUT2D eigenvalue weighted by atomic mass is 10.1. The first-order valence-corrected chi connectivity index (χ1v) is 10.2. The Labute approximate surface area is 191 Å². The molecule has 2 amide bonds. The highest BCUT2D eigenvalue weighted by molar-refractivity contribution is 5.96. The van der Waals surface area contributed by atoms with E-state index in [0.717, 1.165) is 5.56 Å². The minimum Gasteiger partial charge on any atom is -0.493 e. The zero-order chi connectivity index (χ0) is 23.8. The van der Waals surface area contributed by atoms with E-state index in [-0.39, 0.29) is 30.6 Å². The van der Waals surface area contributed by atoms with Crippen LogP contribution in [0.5, 0.6) is 17.2 Å². The summed E-state index contributed by atoms with van der Waals surface area (Å²) in [6.45, 7) is 2.64. The third kappa shape index (κ3) is 5.59. The number of benzene rings is 1. The third-order valence-corrected chi connectivity index (χ3v) is 4.80. The Morgan fingerprint density at radius 1 is 1.00 bits per heavy atom. The summed E-state index contributed by atoms with van der Waals surface area (Å²) in [7, 11) is 4.46. The molecule has 0 radical (unpaired) electrons. The number of hydrogen-bond donors (Lipinski definition) is 1. The largest absolute Gasteiger partial charge is 0.493 e. The molecule has 0 unspecified atom stereocenters. The summed E-state index contributed by atoms with van der Waals surface area (Å²) < 4.78 is 21.4. The van der Waals surface area contributed by atoms with Crippen LogP contribution in [-0.4, -0.2) is 54.7 Å². The number of ether oxygens (including phenoxy) is 3. The van der Waals surface area contributed by atoms with Gasteiger partial charge in [-0.1, -0.05) is 5.16 Å². The van der Waals surface area contributed by atoms with E-state index in [4.69, 9.17) is 18.7 Å². The first-order chi connectivity index (χ1) is 16.0. The van der Waals surface area contributed by atoms with Gasteiger partial charge < -0.3 is 29.0 Å². The van der Waals surface area contributed by atoms with Gasteiger partial charge in [0.25, 0.3) is 11.8 Å². The molecule has 0 spiro atoms. The van der Waals surface area contributed by atoms with E-state index in [2.05, 4.69) is 15.5 Å². The van der Waals surface area contributed by atoms with E-state index in [1.54, 1.807) is 29.4 Å². The smallest absolute Gasteiger partial charge is 0.273 e. The summed E-state index contributed by atoms with van der Waals surface area (Å²) in [6, 6.07) is 8.33. The van der Waals surface area contributed by atoms with Crippen LogP contribution in [0.15, 0.2) is 47.2 Å². The maximum absolute atomic E-state index is 13.5. The quantitative estimate of drug-likeness (QED) is 0.497. The lowest BCUT2D eigenvalue weighted by molar-refractivity contribution is 0.0712. The molecular formula is C23H26N4O6. The SMILES string of the molecule is CCNC(=O)c1cc(CN(Cc2ccncc2)C(=O)c2cc(OC)c(OC)c(OC)c2)on1. The maximum Gasteiger partial charge on any atom is 0.273 e. The Kier molecular flexibility index (Phi) is 7.85. The minimum absolute atomic E-state index is 0.0875. The third-order valence-electron chi connectivity index (χ3n) is 4.80. The number of methoxy groups -OCH3 is 3. The fourth-order valence-electron chi connectivity index (χ4n) is 3.23. The van der Waals surface area contributed by atoms with Crippen molar-refractivity contribution in [1.29, 1.82) is 0 Å². The summed E-state index contributed by atoms with van der Waals surface area (Å²) in [5.41, 5.74) is 1.35. The van der Waals surface area contributed by atoms with Crippen LogP contribution in [0.25, 0.3) is 0 Å². The second-order valence-corrected chi connectivity index (χ2v) is 6.97. The van der Waals surface area contributed by atoms with Gasteiger partial charge in [-0.15, -0.1) is 0 Å². The summed E-state index contributed by atoms with van der Waals surface area (Å²) in [5, 5.41) is 6.48. The first kappa shape index (κ1) is 23.6. The van der Waals surface area contributed by atoms with Crippen molar-refractivity contribution in [3.63, 3.8) is 0 Å². The van der Waals surface area contributed by atoms with Gasteiger partial charge in [-0.05, 0) is 36.8 Å². The fourth-order valence-corrected chi connectivity index (χ4v) is 3.23. The second kappa shape index (κ2) is 11.0. The predicted molar refractivity (Wildman–Crippen MR) is 118 cm³/mol. The van der Waals surface area contributed by atoms with Crippen LogP contribution in [0.4, 0.5) is 0 Å². The molecule has 33 heavy (non-hydrogen) atoms. The predicted octanol–water partition coefficient (Wildman–Crippen LogP) is 2.69. The van der Waals surface area contributed by atoms with Crippen molar-refractivity contribution in [2.75, 3.05) is 27.9 Å². The van der Waals surface area contributed by atoms with Gasteiger partial charge in [-0.2, -0.15) is 0 Å². The van der Waals surface area contributed by atoms with Gasteiger partial charge in [0.1, 0.15) is 0 Å². The molecule has 10 nitrogen and oxygen atoms in total. The highest BCUT2D eigenvalue weighted by Gasteiger charge is 2.23. The van der Waals surface area contributed by atoms with E-state index in [1.165, 1.54) is 27.4 Å². The molecule has 1 aromatic carbocycles. The van der Waals surface area contributed by atoms with Gasteiger partial charge in [-0.3, -0.25) is 14.6 Å². The standard InChI is InChI=1S/C23H26N4O6/c1-5-25-22(28)18-12-17(33-26-18)14-27(13-15-6-8-24-9-7-15)23(29)16-10-19(30-2)21(32-4)20(11-16)31-3/h6-12H,5,13-14H2,1-4H3,(H,25,28). The van der Waals surface area contributed by atoms with E-state index in [0.29, 0.717) is 35.1 Å². The average molecular weight is 454 g/mol. The molecule has 0 fully saturated rings. The molecule has 0 atom stereocenters. The van der Waals surface area contributed by atoms with Crippen molar-refractivity contribution in [1.82, 2.24) is 20.4 Å².